The minimum absolute atomic E-state index is 0.0000570. The third-order valence-electron chi connectivity index (χ3n) is 5.55. The van der Waals surface area contributed by atoms with Gasteiger partial charge in [0.05, 0.1) is 13.2 Å². The molecular weight excluding hydrogens is 456 g/mol. The smallest absolute Gasteiger partial charge is 0.259 e. The fourth-order valence-electron chi connectivity index (χ4n) is 3.85. The third kappa shape index (κ3) is 5.57. The number of nitrogens with two attached hydrogens (primary N) is 1. The van der Waals surface area contributed by atoms with Gasteiger partial charge in [0.1, 0.15) is 6.61 Å². The van der Waals surface area contributed by atoms with Crippen LogP contribution < -0.4 is 26.2 Å². The number of amides is 3. The summed E-state index contributed by atoms with van der Waals surface area (Å²) in [5, 5.41) is 23.0. The van der Waals surface area contributed by atoms with E-state index in [-0.39, 0.29) is 31.6 Å². The van der Waals surface area contributed by atoms with Crippen molar-refractivity contribution >= 4 is 46.4 Å². The first-order valence-corrected chi connectivity index (χ1v) is 10.9. The SMILES string of the molecule is N=C(N)Nc1ccc(NC(=O)[C@H](O)[C@H]2OCCN(c3cccc(N4CCOCC4=O)c3)C2=O)cc1. The molecule has 184 valence electrons. The van der Waals surface area contributed by atoms with E-state index in [0.717, 1.165) is 0 Å². The highest BCUT2D eigenvalue weighted by Crippen LogP contribution is 2.26. The summed E-state index contributed by atoms with van der Waals surface area (Å²) in [4.78, 5) is 41.0. The van der Waals surface area contributed by atoms with Crippen molar-refractivity contribution in [3.63, 3.8) is 0 Å². The molecule has 2 aliphatic heterocycles. The molecule has 0 aliphatic carbocycles. The molecular formula is C23H26N6O6. The average molecular weight is 482 g/mol. The van der Waals surface area contributed by atoms with Gasteiger partial charge in [-0.15, -0.1) is 0 Å². The number of benzene rings is 2. The summed E-state index contributed by atoms with van der Waals surface area (Å²) < 4.78 is 10.6. The van der Waals surface area contributed by atoms with Gasteiger partial charge in [0, 0.05) is 35.8 Å². The highest BCUT2D eigenvalue weighted by Gasteiger charge is 2.39. The summed E-state index contributed by atoms with van der Waals surface area (Å²) in [6.07, 6.45) is -3.14. The van der Waals surface area contributed by atoms with E-state index in [2.05, 4.69) is 10.6 Å². The highest BCUT2D eigenvalue weighted by atomic mass is 16.5. The number of nitrogens with zero attached hydrogens (tertiary/aromatic N) is 2. The molecule has 2 atom stereocenters. The molecule has 2 saturated heterocycles. The second kappa shape index (κ2) is 10.5. The number of carbonyl (C=O) groups excluding carboxylic acids is 3. The summed E-state index contributed by atoms with van der Waals surface area (Å²) in [6, 6.07) is 13.3. The van der Waals surface area contributed by atoms with Crippen molar-refractivity contribution in [2.45, 2.75) is 12.2 Å². The quantitative estimate of drug-likeness (QED) is 0.285. The number of aliphatic hydroxyl groups excluding tert-OH is 1. The van der Waals surface area contributed by atoms with Gasteiger partial charge in [0.15, 0.2) is 18.2 Å². The van der Waals surface area contributed by atoms with Crippen molar-refractivity contribution in [3.8, 4) is 0 Å². The Hall–Kier alpha value is -4.00. The Bertz CT molecular complexity index is 1120. The van der Waals surface area contributed by atoms with Gasteiger partial charge in [-0.1, -0.05) is 6.07 Å². The molecule has 0 radical (unpaired) electrons. The first-order valence-electron chi connectivity index (χ1n) is 10.9. The minimum atomic E-state index is -1.75. The molecule has 2 aliphatic rings. The molecule has 12 nitrogen and oxygen atoms in total. The largest absolute Gasteiger partial charge is 0.380 e. The normalized spacial score (nSPS) is 19.3. The summed E-state index contributed by atoms with van der Waals surface area (Å²) in [5.41, 5.74) is 7.38. The van der Waals surface area contributed by atoms with Crippen LogP contribution in [0.25, 0.3) is 0 Å². The van der Waals surface area contributed by atoms with Gasteiger partial charge in [-0.25, -0.2) is 0 Å². The van der Waals surface area contributed by atoms with E-state index in [0.29, 0.717) is 35.9 Å². The van der Waals surface area contributed by atoms with Crippen LogP contribution in [0.1, 0.15) is 0 Å². The number of rotatable bonds is 6. The zero-order valence-corrected chi connectivity index (χ0v) is 18.8. The molecule has 2 fully saturated rings. The highest BCUT2D eigenvalue weighted by molar-refractivity contribution is 6.04. The number of hydrogen-bond donors (Lipinski definition) is 5. The van der Waals surface area contributed by atoms with Crippen molar-refractivity contribution in [2.24, 2.45) is 5.73 Å². The van der Waals surface area contributed by atoms with E-state index in [1.807, 2.05) is 0 Å². The van der Waals surface area contributed by atoms with Crippen molar-refractivity contribution in [3.05, 3.63) is 48.5 Å². The molecule has 0 unspecified atom stereocenters. The number of carbonyl (C=O) groups is 3. The van der Waals surface area contributed by atoms with Gasteiger partial charge in [-0.2, -0.15) is 0 Å². The zero-order valence-electron chi connectivity index (χ0n) is 18.8. The Labute approximate surface area is 201 Å². The predicted octanol–water partition coefficient (Wildman–Crippen LogP) is 0.0866. The zero-order chi connectivity index (χ0) is 24.9. The fourth-order valence-corrected chi connectivity index (χ4v) is 3.85. The Morgan fingerprint density at radius 1 is 1.03 bits per heavy atom. The van der Waals surface area contributed by atoms with Crippen molar-refractivity contribution in [1.29, 1.82) is 5.41 Å². The van der Waals surface area contributed by atoms with Crippen molar-refractivity contribution in [1.82, 2.24) is 0 Å². The van der Waals surface area contributed by atoms with Gasteiger partial charge < -0.3 is 40.7 Å². The van der Waals surface area contributed by atoms with Crippen molar-refractivity contribution in [2.75, 3.05) is 53.3 Å². The Kier molecular flexibility index (Phi) is 7.25. The number of aliphatic hydroxyl groups is 1. The maximum Gasteiger partial charge on any atom is 0.259 e. The minimum Gasteiger partial charge on any atom is -0.380 e. The summed E-state index contributed by atoms with van der Waals surface area (Å²) in [7, 11) is 0. The van der Waals surface area contributed by atoms with Gasteiger partial charge in [0.2, 0.25) is 0 Å². The summed E-state index contributed by atoms with van der Waals surface area (Å²) in [5.74, 6) is -1.76. The monoisotopic (exact) mass is 482 g/mol. The topological polar surface area (TPSA) is 170 Å². The van der Waals surface area contributed by atoms with Gasteiger partial charge in [-0.3, -0.25) is 19.8 Å². The van der Waals surface area contributed by atoms with Crippen LogP contribution in [0, 0.1) is 5.41 Å². The van der Waals surface area contributed by atoms with Crippen molar-refractivity contribution < 1.29 is 29.0 Å². The molecule has 12 heteroatoms. The number of morpholine rings is 2. The molecule has 35 heavy (non-hydrogen) atoms. The third-order valence-corrected chi connectivity index (χ3v) is 5.55. The lowest BCUT2D eigenvalue weighted by atomic mass is 10.1. The van der Waals surface area contributed by atoms with Crippen LogP contribution in [0.5, 0.6) is 0 Å². The predicted molar refractivity (Wildman–Crippen MR) is 128 cm³/mol. The van der Waals surface area contributed by atoms with Gasteiger partial charge in [0.25, 0.3) is 17.7 Å². The number of anilines is 4. The lowest BCUT2D eigenvalue weighted by molar-refractivity contribution is -0.150. The standard InChI is InChI=1S/C23H26N6O6/c24-23(25)27-15-6-4-14(5-7-15)26-21(32)19(31)20-22(33)29(9-11-35-20)17-3-1-2-16(12-17)28-8-10-34-13-18(28)30/h1-7,12,19-20,31H,8-11,13H2,(H,26,32)(H4,24,25,27)/t19-,20-/m1/s1. The molecule has 0 aromatic heterocycles. The van der Waals surface area contributed by atoms with Gasteiger partial charge in [-0.05, 0) is 42.5 Å². The molecule has 2 aromatic carbocycles. The summed E-state index contributed by atoms with van der Waals surface area (Å²) in [6.45, 7) is 1.18. The van der Waals surface area contributed by atoms with E-state index in [4.69, 9.17) is 20.6 Å². The molecule has 0 bridgehead atoms. The van der Waals surface area contributed by atoms with Crippen LogP contribution in [0.3, 0.4) is 0 Å². The maximum absolute atomic E-state index is 13.1. The van der Waals surface area contributed by atoms with E-state index in [1.165, 1.54) is 4.90 Å². The fraction of sp³-hybridized carbons (Fsp3) is 0.304. The van der Waals surface area contributed by atoms with Crippen LogP contribution in [0.15, 0.2) is 48.5 Å². The molecule has 3 amide bonds. The van der Waals surface area contributed by atoms with Crippen LogP contribution in [-0.2, 0) is 23.9 Å². The van der Waals surface area contributed by atoms with E-state index in [1.54, 1.807) is 53.4 Å². The van der Waals surface area contributed by atoms with Crippen LogP contribution in [0.2, 0.25) is 0 Å². The van der Waals surface area contributed by atoms with Crippen LogP contribution in [0.4, 0.5) is 22.7 Å². The number of hydrogen-bond acceptors (Lipinski definition) is 7. The Balaban J connectivity index is 1.44. The lowest BCUT2D eigenvalue weighted by Crippen LogP contribution is -2.55. The molecule has 0 saturated carbocycles. The molecule has 4 rings (SSSR count). The second-order valence-electron chi connectivity index (χ2n) is 7.95. The first kappa shape index (κ1) is 24.1. The number of guanidine groups is 1. The number of ether oxygens (including phenoxy) is 2. The van der Waals surface area contributed by atoms with Crippen LogP contribution in [-0.4, -0.2) is 73.9 Å². The average Bonchev–Trinajstić information content (AvgIpc) is 2.85. The van der Waals surface area contributed by atoms with Gasteiger partial charge >= 0.3 is 0 Å². The maximum atomic E-state index is 13.1. The summed E-state index contributed by atoms with van der Waals surface area (Å²) >= 11 is 0. The first-order chi connectivity index (χ1) is 16.8. The van der Waals surface area contributed by atoms with E-state index in [9.17, 15) is 19.5 Å². The van der Waals surface area contributed by atoms with E-state index >= 15 is 0 Å². The molecule has 2 aromatic rings. The van der Waals surface area contributed by atoms with E-state index < -0.39 is 24.0 Å². The number of nitrogens with one attached hydrogen (secondary N) is 3. The second-order valence-corrected chi connectivity index (χ2v) is 7.95. The molecule has 0 spiro atoms. The lowest BCUT2D eigenvalue weighted by Gasteiger charge is -2.35. The van der Waals surface area contributed by atoms with Crippen LogP contribution >= 0.6 is 0 Å². The Morgan fingerprint density at radius 2 is 1.66 bits per heavy atom. The Morgan fingerprint density at radius 3 is 2.31 bits per heavy atom. The molecule has 2 heterocycles. The molecule has 6 N–H and O–H groups in total.